The van der Waals surface area contributed by atoms with Gasteiger partial charge in [0.1, 0.15) is 0 Å². The minimum Gasteiger partial charge on any atom is -0.504 e. The molecule has 3 heteroatoms. The van der Waals surface area contributed by atoms with E-state index in [1.807, 2.05) is 18.1 Å². The first-order valence-electron chi connectivity index (χ1n) is 4.25. The molecule has 0 aromatic heterocycles. The zero-order chi connectivity index (χ0) is 9.42. The lowest BCUT2D eigenvalue weighted by Crippen LogP contribution is -2.21. The van der Waals surface area contributed by atoms with Crippen LogP contribution in [0, 0.1) is 0 Å². The molecule has 0 radical (unpaired) electrons. The van der Waals surface area contributed by atoms with Gasteiger partial charge in [0.2, 0.25) is 5.78 Å². The Kier molecular flexibility index (Phi) is 1.72. The van der Waals surface area contributed by atoms with Crippen molar-refractivity contribution < 1.29 is 9.90 Å². The molecule has 0 bridgehead atoms. The first-order valence-corrected chi connectivity index (χ1v) is 4.25. The maximum Gasteiger partial charge on any atom is 0.220 e. The summed E-state index contributed by atoms with van der Waals surface area (Å²) in [5.41, 5.74) is 1.98. The normalized spacial score (nSPS) is 21.8. The van der Waals surface area contributed by atoms with Gasteiger partial charge in [-0.1, -0.05) is 0 Å². The number of allylic oxidation sites excluding steroid dienone is 3. The number of aliphatic hydroxyl groups is 1. The zero-order valence-electron chi connectivity index (χ0n) is 7.45. The predicted molar refractivity (Wildman–Crippen MR) is 49.1 cm³/mol. The number of aliphatic hydroxyl groups excluding tert-OH is 1. The molecule has 2 aliphatic rings. The number of carbonyl (C=O) groups is 1. The van der Waals surface area contributed by atoms with Crippen LogP contribution in [-0.4, -0.2) is 29.4 Å². The number of nitrogens with zero attached hydrogens (tertiary/aromatic N) is 1. The minimum absolute atomic E-state index is 0.162. The molecule has 3 nitrogen and oxygen atoms in total. The molecular weight excluding hydrogens is 166 g/mol. The minimum atomic E-state index is -0.281. The summed E-state index contributed by atoms with van der Waals surface area (Å²) in [6.45, 7) is 0.928. The summed E-state index contributed by atoms with van der Waals surface area (Å²) in [6.07, 6.45) is 5.87. The summed E-state index contributed by atoms with van der Waals surface area (Å²) in [6, 6.07) is 0. The Bertz CT molecular complexity index is 350. The van der Waals surface area contributed by atoms with Crippen molar-refractivity contribution in [3.8, 4) is 0 Å². The van der Waals surface area contributed by atoms with Gasteiger partial charge in [-0.15, -0.1) is 0 Å². The van der Waals surface area contributed by atoms with E-state index < -0.39 is 0 Å². The Balaban J connectivity index is 2.41. The fourth-order valence-electron chi connectivity index (χ4n) is 1.56. The van der Waals surface area contributed by atoms with Gasteiger partial charge >= 0.3 is 0 Å². The quantitative estimate of drug-likeness (QED) is 0.603. The monoisotopic (exact) mass is 177 g/mol. The molecular formula is C10H11NO2. The Hall–Kier alpha value is -1.51. The average molecular weight is 177 g/mol. The summed E-state index contributed by atoms with van der Waals surface area (Å²) in [4.78, 5) is 13.1. The van der Waals surface area contributed by atoms with Crippen LogP contribution in [0.3, 0.4) is 0 Å². The van der Waals surface area contributed by atoms with Crippen molar-refractivity contribution in [2.24, 2.45) is 0 Å². The van der Waals surface area contributed by atoms with Crippen LogP contribution in [0.4, 0.5) is 0 Å². The maximum absolute atomic E-state index is 11.1. The number of rotatable bonds is 0. The van der Waals surface area contributed by atoms with Gasteiger partial charge in [-0.25, -0.2) is 0 Å². The van der Waals surface area contributed by atoms with Crippen molar-refractivity contribution in [3.63, 3.8) is 0 Å². The smallest absolute Gasteiger partial charge is 0.220 e. The van der Waals surface area contributed by atoms with E-state index in [1.165, 1.54) is 12.2 Å². The van der Waals surface area contributed by atoms with Gasteiger partial charge < -0.3 is 10.0 Å². The lowest BCUT2D eigenvalue weighted by Gasteiger charge is -2.25. The van der Waals surface area contributed by atoms with E-state index in [-0.39, 0.29) is 11.5 Å². The third-order valence-electron chi connectivity index (χ3n) is 2.31. The van der Waals surface area contributed by atoms with Crippen molar-refractivity contribution >= 4 is 5.78 Å². The Morgan fingerprint density at radius 1 is 1.46 bits per heavy atom. The zero-order valence-corrected chi connectivity index (χ0v) is 7.45. The molecule has 13 heavy (non-hydrogen) atoms. The highest BCUT2D eigenvalue weighted by Gasteiger charge is 2.19. The van der Waals surface area contributed by atoms with E-state index in [2.05, 4.69) is 0 Å². The Morgan fingerprint density at radius 2 is 2.23 bits per heavy atom. The standard InChI is InChI=1S/C10H11NO2/c1-11-3-2-7-4-9(12)10(13)5-8(7)6-11/h4-6,13H,2-3H2,1H3. The second-order valence-corrected chi connectivity index (χ2v) is 3.38. The predicted octanol–water partition coefficient (Wildman–Crippen LogP) is 1.16. The highest BCUT2D eigenvalue weighted by Crippen LogP contribution is 2.26. The van der Waals surface area contributed by atoms with Crippen molar-refractivity contribution in [1.82, 2.24) is 4.90 Å². The van der Waals surface area contributed by atoms with E-state index in [1.54, 1.807) is 0 Å². The average Bonchev–Trinajstić information content (AvgIpc) is 2.08. The van der Waals surface area contributed by atoms with E-state index in [0.717, 1.165) is 24.1 Å². The Labute approximate surface area is 76.7 Å². The van der Waals surface area contributed by atoms with Crippen LogP contribution in [0.2, 0.25) is 0 Å². The van der Waals surface area contributed by atoms with Gasteiger partial charge in [0.15, 0.2) is 5.76 Å². The first-order chi connectivity index (χ1) is 6.16. The molecule has 1 aliphatic carbocycles. The summed E-state index contributed by atoms with van der Waals surface area (Å²) >= 11 is 0. The summed E-state index contributed by atoms with van der Waals surface area (Å²) < 4.78 is 0. The molecule has 1 N–H and O–H groups in total. The molecule has 1 aliphatic heterocycles. The summed E-state index contributed by atoms with van der Waals surface area (Å²) in [7, 11) is 1.98. The fourth-order valence-corrected chi connectivity index (χ4v) is 1.56. The molecule has 0 atom stereocenters. The van der Waals surface area contributed by atoms with Gasteiger partial charge in [-0.05, 0) is 29.7 Å². The molecule has 0 unspecified atom stereocenters. The van der Waals surface area contributed by atoms with Crippen LogP contribution in [0.1, 0.15) is 6.42 Å². The molecule has 0 spiro atoms. The maximum atomic E-state index is 11.1. The second kappa shape index (κ2) is 2.76. The van der Waals surface area contributed by atoms with Crippen LogP contribution in [-0.2, 0) is 4.79 Å². The molecule has 1 heterocycles. The molecule has 0 aromatic rings. The summed E-state index contributed by atoms with van der Waals surface area (Å²) in [5.74, 6) is -0.443. The van der Waals surface area contributed by atoms with Crippen molar-refractivity contribution in [2.45, 2.75) is 6.42 Å². The van der Waals surface area contributed by atoms with E-state index >= 15 is 0 Å². The number of carbonyl (C=O) groups excluding carboxylic acids is 1. The number of ketones is 1. The second-order valence-electron chi connectivity index (χ2n) is 3.38. The van der Waals surface area contributed by atoms with Gasteiger partial charge in [-0.2, -0.15) is 0 Å². The molecule has 2 rings (SSSR count). The molecule has 0 saturated carbocycles. The largest absolute Gasteiger partial charge is 0.504 e. The van der Waals surface area contributed by atoms with E-state index in [4.69, 9.17) is 0 Å². The van der Waals surface area contributed by atoms with E-state index in [9.17, 15) is 9.90 Å². The third-order valence-corrected chi connectivity index (χ3v) is 2.31. The van der Waals surface area contributed by atoms with E-state index in [0.29, 0.717) is 0 Å². The van der Waals surface area contributed by atoms with Crippen LogP contribution < -0.4 is 0 Å². The highest BCUT2D eigenvalue weighted by molar-refractivity contribution is 6.05. The molecule has 0 fully saturated rings. The highest BCUT2D eigenvalue weighted by atomic mass is 16.3. The SMILES string of the molecule is CN1C=C2C=C(O)C(=O)C=C2CC1. The third kappa shape index (κ3) is 1.37. The Morgan fingerprint density at radius 3 is 3.00 bits per heavy atom. The fraction of sp³-hybridized carbons (Fsp3) is 0.300. The van der Waals surface area contributed by atoms with Crippen LogP contribution in [0.5, 0.6) is 0 Å². The van der Waals surface area contributed by atoms with Crippen molar-refractivity contribution in [1.29, 1.82) is 0 Å². The lowest BCUT2D eigenvalue weighted by atomic mass is 9.94. The number of hydrogen-bond donors (Lipinski definition) is 1. The van der Waals surface area contributed by atoms with Crippen LogP contribution in [0.15, 0.2) is 35.3 Å². The van der Waals surface area contributed by atoms with Gasteiger partial charge in [0.05, 0.1) is 0 Å². The van der Waals surface area contributed by atoms with Crippen molar-refractivity contribution in [2.75, 3.05) is 13.6 Å². The molecule has 0 aromatic carbocycles. The molecule has 0 saturated heterocycles. The van der Waals surface area contributed by atoms with Gasteiger partial charge in [0, 0.05) is 19.8 Å². The van der Waals surface area contributed by atoms with Crippen molar-refractivity contribution in [3.05, 3.63) is 35.3 Å². The number of fused-ring (bicyclic) bond motifs is 1. The number of hydrogen-bond acceptors (Lipinski definition) is 3. The molecule has 0 amide bonds. The van der Waals surface area contributed by atoms with Gasteiger partial charge in [-0.3, -0.25) is 4.79 Å². The first kappa shape index (κ1) is 8.10. The van der Waals surface area contributed by atoms with Crippen LogP contribution >= 0.6 is 0 Å². The van der Waals surface area contributed by atoms with Crippen LogP contribution in [0.25, 0.3) is 0 Å². The topological polar surface area (TPSA) is 40.5 Å². The summed E-state index contributed by atoms with van der Waals surface area (Å²) in [5, 5.41) is 9.21. The lowest BCUT2D eigenvalue weighted by molar-refractivity contribution is -0.113. The van der Waals surface area contributed by atoms with Gasteiger partial charge in [0.25, 0.3) is 0 Å². The molecule has 68 valence electrons.